The first kappa shape index (κ1) is 23.8. The number of hydrogen-bond donors (Lipinski definition) is 0. The van der Waals surface area contributed by atoms with Crippen LogP contribution in [0.2, 0.25) is 5.02 Å². The van der Waals surface area contributed by atoms with Crippen LogP contribution in [0.15, 0.2) is 85.1 Å². The average Bonchev–Trinajstić information content (AvgIpc) is 3.55. The number of methoxy groups -OCH3 is 1. The molecule has 5 rings (SSSR count). The highest BCUT2D eigenvalue weighted by molar-refractivity contribution is 7.17. The Kier molecular flexibility index (Phi) is 6.84. The number of nitrogens with zero attached hydrogens (tertiary/aromatic N) is 3. The number of thiazole rings is 1. The molecular formula is C28H22ClN3O3S. The number of rotatable bonds is 7. The molecule has 3 aromatic carbocycles. The highest BCUT2D eigenvalue weighted by Crippen LogP contribution is 2.39. The predicted octanol–water partition coefficient (Wildman–Crippen LogP) is 7.17. The maximum atomic E-state index is 12.9. The summed E-state index contributed by atoms with van der Waals surface area (Å²) in [4.78, 5) is 18.3. The van der Waals surface area contributed by atoms with Crippen molar-refractivity contribution in [1.29, 1.82) is 0 Å². The molecule has 0 bridgehead atoms. The maximum absolute atomic E-state index is 12.9. The summed E-state index contributed by atoms with van der Waals surface area (Å²) in [6.45, 7) is 2.06. The quantitative estimate of drug-likeness (QED) is 0.215. The van der Waals surface area contributed by atoms with Crippen LogP contribution in [-0.4, -0.2) is 34.5 Å². The van der Waals surface area contributed by atoms with Gasteiger partial charge in [-0.25, -0.2) is 14.5 Å². The summed E-state index contributed by atoms with van der Waals surface area (Å²) in [6, 6.07) is 24.8. The Morgan fingerprint density at radius 1 is 0.944 bits per heavy atom. The lowest BCUT2D eigenvalue weighted by Crippen LogP contribution is -2.03. The van der Waals surface area contributed by atoms with Gasteiger partial charge in [0.05, 0.1) is 30.7 Å². The molecule has 8 heteroatoms. The number of halogens is 1. The summed E-state index contributed by atoms with van der Waals surface area (Å²) in [6.07, 6.45) is 1.94. The van der Waals surface area contributed by atoms with E-state index >= 15 is 0 Å². The van der Waals surface area contributed by atoms with E-state index in [1.54, 1.807) is 14.0 Å². The van der Waals surface area contributed by atoms with Crippen LogP contribution in [0.25, 0.3) is 38.8 Å². The zero-order chi connectivity index (χ0) is 25.1. The van der Waals surface area contributed by atoms with Crippen molar-refractivity contribution < 1.29 is 14.3 Å². The minimum atomic E-state index is -0.407. The number of esters is 1. The lowest BCUT2D eigenvalue weighted by atomic mass is 10.1. The molecule has 5 aromatic rings. The second kappa shape index (κ2) is 10.4. The van der Waals surface area contributed by atoms with Crippen molar-refractivity contribution in [2.45, 2.75) is 6.92 Å². The molecule has 0 aliphatic rings. The van der Waals surface area contributed by atoms with Crippen LogP contribution < -0.4 is 4.74 Å². The molecule has 180 valence electrons. The number of para-hydroxylation sites is 1. The van der Waals surface area contributed by atoms with Gasteiger partial charge in [0.25, 0.3) is 0 Å². The molecule has 0 aliphatic heterocycles. The molecule has 0 N–H and O–H groups in total. The standard InChI is InChI=1S/C28H22ClN3O3S/c1-3-35-28(33)26-25(19-11-15-22(34-2)16-12-19)30-27(36-26)23-17-32(21-7-5-4-6-8-21)31-24(23)18-9-13-20(29)14-10-18/h4-17H,3H2,1-2H3. The van der Waals surface area contributed by atoms with Gasteiger partial charge in [0.2, 0.25) is 0 Å². The summed E-state index contributed by atoms with van der Waals surface area (Å²) in [5.41, 5.74) is 4.70. The van der Waals surface area contributed by atoms with E-state index in [-0.39, 0.29) is 6.61 Å². The summed E-state index contributed by atoms with van der Waals surface area (Å²) >= 11 is 7.43. The van der Waals surface area contributed by atoms with Crippen LogP contribution in [0.4, 0.5) is 0 Å². The van der Waals surface area contributed by atoms with E-state index in [1.165, 1.54) is 11.3 Å². The highest BCUT2D eigenvalue weighted by atomic mass is 35.5. The number of carbonyl (C=O) groups is 1. The molecule has 0 amide bonds. The topological polar surface area (TPSA) is 66.2 Å². The van der Waals surface area contributed by atoms with Crippen molar-refractivity contribution in [2.75, 3.05) is 13.7 Å². The molecule has 36 heavy (non-hydrogen) atoms. The summed E-state index contributed by atoms with van der Waals surface area (Å²) in [5, 5.41) is 6.18. The molecule has 0 radical (unpaired) electrons. The van der Waals surface area contributed by atoms with Gasteiger partial charge in [-0.05, 0) is 55.5 Å². The van der Waals surface area contributed by atoms with Crippen LogP contribution in [0, 0.1) is 0 Å². The first-order chi connectivity index (χ1) is 17.6. The van der Waals surface area contributed by atoms with Gasteiger partial charge in [0.1, 0.15) is 21.3 Å². The van der Waals surface area contributed by atoms with Crippen molar-refractivity contribution in [2.24, 2.45) is 0 Å². The van der Waals surface area contributed by atoms with Gasteiger partial charge in [-0.3, -0.25) is 0 Å². The molecule has 0 atom stereocenters. The predicted molar refractivity (Wildman–Crippen MR) is 143 cm³/mol. The van der Waals surface area contributed by atoms with Gasteiger partial charge in [0, 0.05) is 22.3 Å². The van der Waals surface area contributed by atoms with Gasteiger partial charge in [-0.15, -0.1) is 11.3 Å². The molecule has 2 aromatic heterocycles. The second-order valence-electron chi connectivity index (χ2n) is 7.82. The fourth-order valence-corrected chi connectivity index (χ4v) is 4.90. The lowest BCUT2D eigenvalue weighted by Gasteiger charge is -2.04. The van der Waals surface area contributed by atoms with Crippen molar-refractivity contribution in [1.82, 2.24) is 14.8 Å². The van der Waals surface area contributed by atoms with E-state index in [4.69, 9.17) is 31.2 Å². The number of hydrogen-bond acceptors (Lipinski definition) is 6. The smallest absolute Gasteiger partial charge is 0.350 e. The Morgan fingerprint density at radius 2 is 1.61 bits per heavy atom. The van der Waals surface area contributed by atoms with Crippen molar-refractivity contribution >= 4 is 28.9 Å². The fraction of sp³-hybridized carbons (Fsp3) is 0.107. The second-order valence-corrected chi connectivity index (χ2v) is 9.26. The third-order valence-electron chi connectivity index (χ3n) is 5.53. The van der Waals surface area contributed by atoms with Crippen molar-refractivity contribution in [3.63, 3.8) is 0 Å². The monoisotopic (exact) mass is 515 g/mol. The molecule has 0 aliphatic carbocycles. The maximum Gasteiger partial charge on any atom is 0.350 e. The summed E-state index contributed by atoms with van der Waals surface area (Å²) in [7, 11) is 1.61. The first-order valence-electron chi connectivity index (χ1n) is 11.3. The zero-order valence-corrected chi connectivity index (χ0v) is 21.2. The van der Waals surface area contributed by atoms with E-state index in [0.29, 0.717) is 20.6 Å². The van der Waals surface area contributed by atoms with Crippen LogP contribution >= 0.6 is 22.9 Å². The number of ether oxygens (including phenoxy) is 2. The van der Waals surface area contributed by atoms with Crippen LogP contribution in [0.3, 0.4) is 0 Å². The number of carbonyl (C=O) groups excluding carboxylic acids is 1. The van der Waals surface area contributed by atoms with Crippen molar-refractivity contribution in [3.05, 3.63) is 95.0 Å². The molecule has 0 unspecified atom stereocenters. The Hall–Kier alpha value is -3.94. The Balaban J connectivity index is 1.69. The van der Waals surface area contributed by atoms with Gasteiger partial charge in [-0.2, -0.15) is 5.10 Å². The lowest BCUT2D eigenvalue weighted by molar-refractivity contribution is 0.0532. The van der Waals surface area contributed by atoms with Gasteiger partial charge in [0.15, 0.2) is 0 Å². The first-order valence-corrected chi connectivity index (χ1v) is 12.5. The van der Waals surface area contributed by atoms with Gasteiger partial charge in [-0.1, -0.05) is 41.9 Å². The molecular weight excluding hydrogens is 494 g/mol. The Labute approximate surface area is 217 Å². The van der Waals surface area contributed by atoms with E-state index in [2.05, 4.69) is 0 Å². The van der Waals surface area contributed by atoms with Crippen LogP contribution in [-0.2, 0) is 4.74 Å². The molecule has 0 saturated carbocycles. The minimum absolute atomic E-state index is 0.274. The van der Waals surface area contributed by atoms with Crippen molar-refractivity contribution in [3.8, 4) is 44.5 Å². The fourth-order valence-electron chi connectivity index (χ4n) is 3.78. The van der Waals surface area contributed by atoms with Crippen LogP contribution in [0.5, 0.6) is 5.75 Å². The Morgan fingerprint density at radius 3 is 2.28 bits per heavy atom. The van der Waals surface area contributed by atoms with E-state index < -0.39 is 5.97 Å². The largest absolute Gasteiger partial charge is 0.497 e. The van der Waals surface area contributed by atoms with Crippen LogP contribution in [0.1, 0.15) is 16.6 Å². The van der Waals surface area contributed by atoms with Gasteiger partial charge < -0.3 is 9.47 Å². The Bertz CT molecular complexity index is 1490. The van der Waals surface area contributed by atoms with Gasteiger partial charge >= 0.3 is 5.97 Å². The molecule has 2 heterocycles. The molecule has 6 nitrogen and oxygen atoms in total. The molecule has 0 saturated heterocycles. The molecule has 0 spiro atoms. The highest BCUT2D eigenvalue weighted by Gasteiger charge is 2.24. The number of benzene rings is 3. The minimum Gasteiger partial charge on any atom is -0.497 e. The third kappa shape index (κ3) is 4.76. The number of aromatic nitrogens is 3. The zero-order valence-electron chi connectivity index (χ0n) is 19.6. The van der Waals surface area contributed by atoms with E-state index in [0.717, 1.165) is 33.8 Å². The van der Waals surface area contributed by atoms with E-state index in [1.807, 2.05) is 89.7 Å². The summed E-state index contributed by atoms with van der Waals surface area (Å²) < 4.78 is 12.5. The summed E-state index contributed by atoms with van der Waals surface area (Å²) in [5.74, 6) is 0.316. The third-order valence-corrected chi connectivity index (χ3v) is 6.86. The SMILES string of the molecule is CCOC(=O)c1sc(-c2cn(-c3ccccc3)nc2-c2ccc(Cl)cc2)nc1-c1ccc(OC)cc1. The van der Waals surface area contributed by atoms with E-state index in [9.17, 15) is 4.79 Å². The average molecular weight is 516 g/mol. The normalized spacial score (nSPS) is 10.9. The molecule has 0 fully saturated rings.